The zero-order chi connectivity index (χ0) is 17.0. The van der Waals surface area contributed by atoms with E-state index in [0.717, 1.165) is 21.8 Å². The Balaban J connectivity index is 0.00000484. The van der Waals surface area contributed by atoms with Crippen LogP contribution in [0.25, 0.3) is 0 Å². The lowest BCUT2D eigenvalue weighted by Crippen LogP contribution is -2.52. The van der Waals surface area contributed by atoms with Gasteiger partial charge in [0.05, 0.1) is 23.5 Å². The van der Waals surface area contributed by atoms with Crippen LogP contribution < -0.4 is 15.4 Å². The second kappa shape index (κ2) is 9.14. The van der Waals surface area contributed by atoms with Crippen LogP contribution in [0.2, 0.25) is 0 Å². The number of thiazole rings is 1. The maximum absolute atomic E-state index is 11.3. The van der Waals surface area contributed by atoms with Crippen molar-refractivity contribution >= 4 is 51.3 Å². The summed E-state index contributed by atoms with van der Waals surface area (Å²) in [5, 5.41) is 7.37. The molecule has 10 heteroatoms. The Bertz CT molecular complexity index is 641. The fourth-order valence-electron chi connectivity index (χ4n) is 1.96. The molecular formula is C13H26IN5O2S2. The van der Waals surface area contributed by atoms with E-state index in [4.69, 9.17) is 0 Å². The van der Waals surface area contributed by atoms with Gasteiger partial charge in [-0.1, -0.05) is 0 Å². The van der Waals surface area contributed by atoms with Crippen molar-refractivity contribution < 1.29 is 8.42 Å². The van der Waals surface area contributed by atoms with E-state index in [1.165, 1.54) is 0 Å². The largest absolute Gasteiger partial charge is 0.355 e. The number of nitrogens with one attached hydrogen (secondary N) is 3. The quantitative estimate of drug-likeness (QED) is 0.328. The van der Waals surface area contributed by atoms with Crippen LogP contribution in [0.5, 0.6) is 0 Å². The van der Waals surface area contributed by atoms with E-state index in [1.807, 2.05) is 27.7 Å². The normalized spacial score (nSPS) is 12.7. The molecule has 1 rings (SSSR count). The molecule has 0 unspecified atom stereocenters. The molecule has 23 heavy (non-hydrogen) atoms. The summed E-state index contributed by atoms with van der Waals surface area (Å²) >= 11 is 1.65. The number of halogens is 1. The van der Waals surface area contributed by atoms with Crippen molar-refractivity contribution in [3.8, 4) is 0 Å². The monoisotopic (exact) mass is 475 g/mol. The highest BCUT2D eigenvalue weighted by atomic mass is 127. The molecule has 0 spiro atoms. The van der Waals surface area contributed by atoms with E-state index in [2.05, 4.69) is 25.3 Å². The van der Waals surface area contributed by atoms with Crippen LogP contribution in [0.3, 0.4) is 0 Å². The Kier molecular flexibility index (Phi) is 8.95. The highest BCUT2D eigenvalue weighted by Gasteiger charge is 2.22. The molecule has 0 aromatic carbocycles. The predicted molar refractivity (Wildman–Crippen MR) is 107 cm³/mol. The van der Waals surface area contributed by atoms with Crippen molar-refractivity contribution in [3.05, 3.63) is 15.6 Å². The Morgan fingerprint density at radius 1 is 1.30 bits per heavy atom. The number of sulfonamides is 1. The Labute approximate surface area is 159 Å². The van der Waals surface area contributed by atoms with Crippen molar-refractivity contribution in [2.24, 2.45) is 4.99 Å². The maximum atomic E-state index is 11.3. The summed E-state index contributed by atoms with van der Waals surface area (Å²) in [6, 6.07) is 0. The van der Waals surface area contributed by atoms with Crippen LogP contribution in [0.15, 0.2) is 4.99 Å². The summed E-state index contributed by atoms with van der Waals surface area (Å²) in [7, 11) is -1.57. The SMILES string of the molecule is CN=C(NCc1sc(C)nc1C)NCC(C)(C)NS(C)(=O)=O.I. The molecule has 0 aliphatic rings. The van der Waals surface area contributed by atoms with Crippen molar-refractivity contribution in [2.75, 3.05) is 19.8 Å². The Morgan fingerprint density at radius 3 is 2.35 bits per heavy atom. The van der Waals surface area contributed by atoms with E-state index in [9.17, 15) is 8.42 Å². The van der Waals surface area contributed by atoms with E-state index in [-0.39, 0.29) is 24.0 Å². The molecule has 0 bridgehead atoms. The van der Waals surface area contributed by atoms with Gasteiger partial charge in [-0.2, -0.15) is 0 Å². The molecule has 0 saturated carbocycles. The molecule has 0 aliphatic carbocycles. The van der Waals surface area contributed by atoms with Gasteiger partial charge in [-0.25, -0.2) is 18.1 Å². The van der Waals surface area contributed by atoms with E-state index in [1.54, 1.807) is 18.4 Å². The van der Waals surface area contributed by atoms with Gasteiger partial charge < -0.3 is 10.6 Å². The van der Waals surface area contributed by atoms with Crippen LogP contribution in [-0.2, 0) is 16.6 Å². The summed E-state index contributed by atoms with van der Waals surface area (Å²) < 4.78 is 25.2. The number of hydrogen-bond donors (Lipinski definition) is 3. The zero-order valence-electron chi connectivity index (χ0n) is 14.3. The van der Waals surface area contributed by atoms with Crippen molar-refractivity contribution in [1.82, 2.24) is 20.3 Å². The summed E-state index contributed by atoms with van der Waals surface area (Å²) in [5.41, 5.74) is 0.409. The molecule has 0 radical (unpaired) electrons. The van der Waals surface area contributed by atoms with Crippen LogP contribution in [0.4, 0.5) is 0 Å². The van der Waals surface area contributed by atoms with Crippen LogP contribution >= 0.6 is 35.3 Å². The summed E-state index contributed by atoms with van der Waals surface area (Å²) in [5.74, 6) is 0.619. The standard InChI is InChI=1S/C13H25N5O2S2.HI/c1-9-11(21-10(2)17-9)7-15-12(14-5)16-8-13(3,4)18-22(6,19)20;/h18H,7-8H2,1-6H3,(H2,14,15,16);1H. The first kappa shape index (κ1) is 22.5. The van der Waals surface area contributed by atoms with E-state index >= 15 is 0 Å². The smallest absolute Gasteiger partial charge is 0.209 e. The van der Waals surface area contributed by atoms with Crippen molar-refractivity contribution in [1.29, 1.82) is 0 Å². The lowest BCUT2D eigenvalue weighted by Gasteiger charge is -2.26. The number of nitrogens with zero attached hydrogens (tertiary/aromatic N) is 2. The topological polar surface area (TPSA) is 95.5 Å². The van der Waals surface area contributed by atoms with Gasteiger partial charge in [0.25, 0.3) is 0 Å². The number of aryl methyl sites for hydroxylation is 2. The molecule has 0 saturated heterocycles. The molecule has 1 aromatic rings. The average molecular weight is 475 g/mol. The highest BCUT2D eigenvalue weighted by Crippen LogP contribution is 2.16. The van der Waals surface area contributed by atoms with Gasteiger partial charge in [-0.05, 0) is 27.7 Å². The van der Waals surface area contributed by atoms with Gasteiger partial charge in [-0.3, -0.25) is 4.99 Å². The highest BCUT2D eigenvalue weighted by molar-refractivity contribution is 14.0. The van der Waals surface area contributed by atoms with Crippen molar-refractivity contribution in [2.45, 2.75) is 39.8 Å². The molecule has 7 nitrogen and oxygen atoms in total. The lowest BCUT2D eigenvalue weighted by molar-refractivity contribution is 0.446. The number of rotatable bonds is 6. The third kappa shape index (κ3) is 8.82. The first-order valence-electron chi connectivity index (χ1n) is 6.89. The number of hydrogen-bond acceptors (Lipinski definition) is 5. The van der Waals surface area contributed by atoms with E-state index < -0.39 is 15.6 Å². The van der Waals surface area contributed by atoms with Gasteiger partial charge in [0.2, 0.25) is 10.0 Å². The molecule has 0 fully saturated rings. The Hall–Kier alpha value is -0.460. The van der Waals surface area contributed by atoms with Gasteiger partial charge in [-0.15, -0.1) is 35.3 Å². The molecule has 0 atom stereocenters. The second-order valence-corrected chi connectivity index (χ2v) is 8.82. The third-order valence-corrected chi connectivity index (χ3v) is 4.80. The molecule has 1 aromatic heterocycles. The number of aliphatic imine (C=N–C) groups is 1. The van der Waals surface area contributed by atoms with Gasteiger partial charge in [0.1, 0.15) is 0 Å². The predicted octanol–water partition coefficient (Wildman–Crippen LogP) is 1.37. The molecule has 134 valence electrons. The summed E-state index contributed by atoms with van der Waals surface area (Å²) in [6.45, 7) is 8.64. The molecule has 0 amide bonds. The van der Waals surface area contributed by atoms with Crippen LogP contribution in [-0.4, -0.2) is 44.7 Å². The van der Waals surface area contributed by atoms with Crippen LogP contribution in [0, 0.1) is 13.8 Å². The Morgan fingerprint density at radius 2 is 1.91 bits per heavy atom. The summed E-state index contributed by atoms with van der Waals surface area (Å²) in [6.07, 6.45) is 1.15. The zero-order valence-corrected chi connectivity index (χ0v) is 18.3. The maximum Gasteiger partial charge on any atom is 0.209 e. The van der Waals surface area contributed by atoms with Gasteiger partial charge in [0, 0.05) is 24.0 Å². The van der Waals surface area contributed by atoms with E-state index in [0.29, 0.717) is 19.0 Å². The minimum absolute atomic E-state index is 0. The average Bonchev–Trinajstić information content (AvgIpc) is 2.65. The fraction of sp³-hybridized carbons (Fsp3) is 0.692. The minimum atomic E-state index is -3.25. The van der Waals surface area contributed by atoms with Crippen LogP contribution in [0.1, 0.15) is 29.4 Å². The van der Waals surface area contributed by atoms with Gasteiger partial charge in [0.15, 0.2) is 5.96 Å². The first-order chi connectivity index (χ1) is 10.0. The fourth-order valence-corrected chi connectivity index (χ4v) is 3.92. The van der Waals surface area contributed by atoms with Crippen molar-refractivity contribution in [3.63, 3.8) is 0 Å². The molecule has 1 heterocycles. The number of aromatic nitrogens is 1. The summed E-state index contributed by atoms with van der Waals surface area (Å²) in [4.78, 5) is 9.68. The first-order valence-corrected chi connectivity index (χ1v) is 9.59. The van der Waals surface area contributed by atoms with Gasteiger partial charge >= 0.3 is 0 Å². The minimum Gasteiger partial charge on any atom is -0.355 e. The third-order valence-electron chi connectivity index (χ3n) is 2.80. The lowest BCUT2D eigenvalue weighted by atomic mass is 10.1. The molecule has 3 N–H and O–H groups in total. The molecular weight excluding hydrogens is 449 g/mol. The second-order valence-electron chi connectivity index (χ2n) is 5.78. The molecule has 0 aliphatic heterocycles. The number of guanidine groups is 1.